The highest BCUT2D eigenvalue weighted by molar-refractivity contribution is 5.77. The molecular weight excluding hydrogens is 442 g/mol. The molecule has 182 valence electrons. The Morgan fingerprint density at radius 2 is 2.06 bits per heavy atom. The maximum Gasteiger partial charge on any atom is 0.256 e. The number of aryl methyl sites for hydroxylation is 2. The average molecular weight is 474 g/mol. The second kappa shape index (κ2) is 9.38. The number of anilines is 2. The monoisotopic (exact) mass is 473 g/mol. The molecule has 0 saturated carbocycles. The third-order valence-electron chi connectivity index (χ3n) is 6.24. The molecule has 5 heterocycles. The zero-order chi connectivity index (χ0) is 24.5. The van der Waals surface area contributed by atoms with Crippen molar-refractivity contribution in [1.29, 1.82) is 0 Å². The number of hydrogen-bond acceptors (Lipinski definition) is 7. The second-order valence-electron chi connectivity index (χ2n) is 8.67. The molecule has 1 saturated heterocycles. The molecule has 0 aromatic carbocycles. The summed E-state index contributed by atoms with van der Waals surface area (Å²) in [5.41, 5.74) is 5.69. The summed E-state index contributed by atoms with van der Waals surface area (Å²) in [5, 5.41) is 15.7. The fraction of sp³-hybridized carbons (Fsp3) is 0.360. The van der Waals surface area contributed by atoms with Crippen molar-refractivity contribution in [3.63, 3.8) is 0 Å². The van der Waals surface area contributed by atoms with Crippen LogP contribution < -0.4 is 10.2 Å². The molecule has 1 atom stereocenters. The standard InChI is InChI=1S/C25H31N9O/c1-6-7-8-9-19-14-33(24(26-5)27-19)25-28-23(32-12-13-35-15-16(32)2)21-11-10-20(34(21)31-25)22-17(3)29-30-18(22)4/h6-11,14,16H,12-13,15H2,1-5H3,(H,26,27)(H,29,30)/b7-6-,9-8-. The number of nitrogens with zero attached hydrogens (tertiary/aromatic N) is 7. The smallest absolute Gasteiger partial charge is 0.256 e. The maximum atomic E-state index is 5.70. The molecule has 1 fully saturated rings. The first-order valence-corrected chi connectivity index (χ1v) is 11.8. The van der Waals surface area contributed by atoms with Crippen LogP contribution in [-0.2, 0) is 4.74 Å². The van der Waals surface area contributed by atoms with Gasteiger partial charge in [0.15, 0.2) is 5.82 Å². The van der Waals surface area contributed by atoms with Crippen molar-refractivity contribution in [2.75, 3.05) is 37.0 Å². The summed E-state index contributed by atoms with van der Waals surface area (Å²) in [4.78, 5) is 12.1. The van der Waals surface area contributed by atoms with Gasteiger partial charge in [-0.25, -0.2) is 9.50 Å². The van der Waals surface area contributed by atoms with Crippen molar-refractivity contribution in [2.45, 2.75) is 33.7 Å². The lowest BCUT2D eigenvalue weighted by atomic mass is 10.1. The van der Waals surface area contributed by atoms with Gasteiger partial charge in [0, 0.05) is 31.0 Å². The molecule has 1 aliphatic rings. The molecule has 0 radical (unpaired) electrons. The number of aromatic amines is 1. The number of H-pyrrole nitrogens is 1. The van der Waals surface area contributed by atoms with E-state index in [2.05, 4.69) is 39.5 Å². The summed E-state index contributed by atoms with van der Waals surface area (Å²) >= 11 is 0. The Labute approximate surface area is 204 Å². The fourth-order valence-corrected chi connectivity index (χ4v) is 4.52. The highest BCUT2D eigenvalue weighted by Gasteiger charge is 2.26. The minimum Gasteiger partial charge on any atom is -0.377 e. The van der Waals surface area contributed by atoms with Crippen LogP contribution in [0.3, 0.4) is 0 Å². The van der Waals surface area contributed by atoms with E-state index in [0.717, 1.165) is 46.2 Å². The van der Waals surface area contributed by atoms with Crippen LogP contribution in [0.4, 0.5) is 11.8 Å². The summed E-state index contributed by atoms with van der Waals surface area (Å²) in [6, 6.07) is 4.36. The minimum absolute atomic E-state index is 0.192. The van der Waals surface area contributed by atoms with Crippen LogP contribution in [-0.4, -0.2) is 67.2 Å². The van der Waals surface area contributed by atoms with E-state index in [1.54, 1.807) is 0 Å². The van der Waals surface area contributed by atoms with Crippen LogP contribution in [0.25, 0.3) is 28.8 Å². The molecule has 4 aromatic heterocycles. The van der Waals surface area contributed by atoms with Crippen LogP contribution in [0.5, 0.6) is 0 Å². The van der Waals surface area contributed by atoms with E-state index in [0.29, 0.717) is 25.1 Å². The Bertz CT molecular complexity index is 1390. The van der Waals surface area contributed by atoms with Gasteiger partial charge in [-0.3, -0.25) is 9.67 Å². The molecule has 4 aromatic rings. The van der Waals surface area contributed by atoms with E-state index in [9.17, 15) is 0 Å². The van der Waals surface area contributed by atoms with Gasteiger partial charge >= 0.3 is 0 Å². The predicted molar refractivity (Wildman–Crippen MR) is 138 cm³/mol. The topological polar surface area (TPSA) is 101 Å². The summed E-state index contributed by atoms with van der Waals surface area (Å²) in [6.45, 7) is 10.3. The van der Waals surface area contributed by atoms with Crippen LogP contribution in [0, 0.1) is 13.8 Å². The molecule has 10 heteroatoms. The number of morpholine rings is 1. The molecule has 0 bridgehead atoms. The minimum atomic E-state index is 0.192. The average Bonchev–Trinajstić information content (AvgIpc) is 3.55. The van der Waals surface area contributed by atoms with E-state index < -0.39 is 0 Å². The van der Waals surface area contributed by atoms with Gasteiger partial charge in [-0.1, -0.05) is 18.2 Å². The van der Waals surface area contributed by atoms with Crippen LogP contribution >= 0.6 is 0 Å². The third-order valence-corrected chi connectivity index (χ3v) is 6.24. The number of fused-ring (bicyclic) bond motifs is 1. The van der Waals surface area contributed by atoms with Gasteiger partial charge in [-0.2, -0.15) is 10.1 Å². The van der Waals surface area contributed by atoms with E-state index in [4.69, 9.17) is 19.8 Å². The summed E-state index contributed by atoms with van der Waals surface area (Å²) in [7, 11) is 1.85. The number of hydrogen-bond donors (Lipinski definition) is 2. The first-order chi connectivity index (χ1) is 17.0. The SMILES string of the molecule is C/C=C\C=C/c1cn(-c2nc(N3CCOCC3C)c3ccc(-c4c(C)n[nH]c4C)n3n2)c(NC)n1. The number of imidazole rings is 1. The van der Waals surface area contributed by atoms with E-state index >= 15 is 0 Å². The van der Waals surface area contributed by atoms with Gasteiger partial charge in [-0.05, 0) is 45.9 Å². The Balaban J connectivity index is 1.74. The molecule has 0 aliphatic carbocycles. The second-order valence-corrected chi connectivity index (χ2v) is 8.67. The molecule has 0 amide bonds. The molecule has 1 unspecified atom stereocenters. The lowest BCUT2D eigenvalue weighted by molar-refractivity contribution is 0.0986. The Morgan fingerprint density at radius 1 is 1.20 bits per heavy atom. The molecule has 1 aliphatic heterocycles. The van der Waals surface area contributed by atoms with E-state index in [-0.39, 0.29) is 6.04 Å². The van der Waals surface area contributed by atoms with Gasteiger partial charge < -0.3 is 15.0 Å². The quantitative estimate of drug-likeness (QED) is 0.411. The van der Waals surface area contributed by atoms with Crippen LogP contribution in [0.2, 0.25) is 0 Å². The Morgan fingerprint density at radius 3 is 2.77 bits per heavy atom. The number of rotatable bonds is 6. The van der Waals surface area contributed by atoms with Crippen molar-refractivity contribution in [1.82, 2.24) is 34.3 Å². The molecule has 10 nitrogen and oxygen atoms in total. The number of ether oxygens (including phenoxy) is 1. The lowest BCUT2D eigenvalue weighted by Crippen LogP contribution is -2.44. The van der Waals surface area contributed by atoms with Crippen molar-refractivity contribution in [2.24, 2.45) is 0 Å². The molecule has 5 rings (SSSR count). The van der Waals surface area contributed by atoms with E-state index in [1.807, 2.05) is 67.4 Å². The summed E-state index contributed by atoms with van der Waals surface area (Å²) < 4.78 is 9.56. The zero-order valence-electron chi connectivity index (χ0n) is 20.8. The Kier molecular flexibility index (Phi) is 6.12. The van der Waals surface area contributed by atoms with Crippen molar-refractivity contribution < 1.29 is 4.74 Å². The normalized spacial score (nSPS) is 16.8. The van der Waals surface area contributed by atoms with Gasteiger partial charge in [0.05, 0.1) is 36.3 Å². The fourth-order valence-electron chi connectivity index (χ4n) is 4.52. The molecule has 0 spiro atoms. The van der Waals surface area contributed by atoms with Gasteiger partial charge in [-0.15, -0.1) is 5.10 Å². The lowest BCUT2D eigenvalue weighted by Gasteiger charge is -2.34. The highest BCUT2D eigenvalue weighted by atomic mass is 16.5. The zero-order valence-corrected chi connectivity index (χ0v) is 20.8. The molecular formula is C25H31N9O. The Hall–Kier alpha value is -3.92. The predicted octanol–water partition coefficient (Wildman–Crippen LogP) is 3.78. The van der Waals surface area contributed by atoms with Gasteiger partial charge in [0.2, 0.25) is 5.95 Å². The maximum absolute atomic E-state index is 5.70. The van der Waals surface area contributed by atoms with Crippen LogP contribution in [0.1, 0.15) is 30.9 Å². The number of allylic oxidation sites excluding steroid dienone is 3. The largest absolute Gasteiger partial charge is 0.377 e. The van der Waals surface area contributed by atoms with Gasteiger partial charge in [0.1, 0.15) is 5.52 Å². The van der Waals surface area contributed by atoms with Crippen molar-refractivity contribution in [3.8, 4) is 17.2 Å². The highest BCUT2D eigenvalue weighted by Crippen LogP contribution is 2.32. The molecule has 2 N–H and O–H groups in total. The van der Waals surface area contributed by atoms with Gasteiger partial charge in [0.25, 0.3) is 5.95 Å². The van der Waals surface area contributed by atoms with E-state index in [1.165, 1.54) is 0 Å². The number of nitrogens with one attached hydrogen (secondary N) is 2. The molecule has 35 heavy (non-hydrogen) atoms. The summed E-state index contributed by atoms with van der Waals surface area (Å²) in [5.74, 6) is 2.07. The summed E-state index contributed by atoms with van der Waals surface area (Å²) in [6.07, 6.45) is 9.82. The first-order valence-electron chi connectivity index (χ1n) is 11.8. The van der Waals surface area contributed by atoms with Crippen molar-refractivity contribution >= 4 is 23.4 Å². The number of aromatic nitrogens is 7. The van der Waals surface area contributed by atoms with Crippen molar-refractivity contribution in [3.05, 3.63) is 53.6 Å². The third kappa shape index (κ3) is 4.10. The van der Waals surface area contributed by atoms with Crippen LogP contribution in [0.15, 0.2) is 36.6 Å². The first kappa shape index (κ1) is 22.9.